The first-order valence-electron chi connectivity index (χ1n) is 10.3. The first-order valence-corrected chi connectivity index (χ1v) is 11.1. The molecule has 178 valence electrons. The summed E-state index contributed by atoms with van der Waals surface area (Å²) in [7, 11) is 0. The lowest BCUT2D eigenvalue weighted by Crippen LogP contribution is -2.46. The molecule has 3 aromatic heterocycles. The fourth-order valence-corrected chi connectivity index (χ4v) is 4.33. The Balaban J connectivity index is 1.63. The average Bonchev–Trinajstić information content (AvgIpc) is 3.43. The lowest BCUT2D eigenvalue weighted by Gasteiger charge is -2.26. The van der Waals surface area contributed by atoms with Crippen molar-refractivity contribution in [3.05, 3.63) is 81.2 Å². The molecule has 11 heteroatoms. The van der Waals surface area contributed by atoms with Crippen LogP contribution in [0.2, 0.25) is 0 Å². The Hall–Kier alpha value is -3.41. The van der Waals surface area contributed by atoms with Crippen LogP contribution in [0, 0.1) is 18.6 Å². The van der Waals surface area contributed by atoms with Gasteiger partial charge < -0.3 is 20.3 Å². The number of benzene rings is 1. The van der Waals surface area contributed by atoms with Gasteiger partial charge in [0, 0.05) is 12.4 Å². The van der Waals surface area contributed by atoms with E-state index in [1.807, 2.05) is 0 Å². The van der Waals surface area contributed by atoms with Crippen molar-refractivity contribution in [1.82, 2.24) is 19.7 Å². The number of aryl methyl sites for hydroxylation is 1. The molecule has 0 bridgehead atoms. The maximum absolute atomic E-state index is 14.0. The number of amides is 1. The predicted molar refractivity (Wildman–Crippen MR) is 121 cm³/mol. The van der Waals surface area contributed by atoms with Gasteiger partial charge in [-0.05, 0) is 38.1 Å². The third-order valence-electron chi connectivity index (χ3n) is 5.32. The Morgan fingerprint density at radius 3 is 2.62 bits per heavy atom. The van der Waals surface area contributed by atoms with Gasteiger partial charge in [0.05, 0.1) is 29.3 Å². The second-order valence-electron chi connectivity index (χ2n) is 7.83. The zero-order valence-corrected chi connectivity index (χ0v) is 19.2. The first-order chi connectivity index (χ1) is 16.3. The van der Waals surface area contributed by atoms with Gasteiger partial charge in [-0.15, -0.1) is 11.3 Å². The Morgan fingerprint density at radius 2 is 1.97 bits per heavy atom. The lowest BCUT2D eigenvalue weighted by molar-refractivity contribution is 0.0842. The summed E-state index contributed by atoms with van der Waals surface area (Å²) >= 11 is 1.18. The third kappa shape index (κ3) is 4.37. The Labute approximate surface area is 197 Å². The minimum absolute atomic E-state index is 0.195. The van der Waals surface area contributed by atoms with Gasteiger partial charge in [-0.2, -0.15) is 0 Å². The number of fused-ring (bicyclic) bond motifs is 1. The van der Waals surface area contributed by atoms with Crippen LogP contribution in [0.5, 0.6) is 5.75 Å². The summed E-state index contributed by atoms with van der Waals surface area (Å²) in [6.45, 7) is 2.30. The molecule has 3 N–H and O–H groups in total. The minimum Gasteiger partial charge on any atom is -0.485 e. The number of carbonyl (C=O) groups excluding carboxylic acids is 1. The van der Waals surface area contributed by atoms with Crippen LogP contribution in [0.1, 0.15) is 38.6 Å². The largest absolute Gasteiger partial charge is 0.485 e. The number of pyridine rings is 1. The van der Waals surface area contributed by atoms with Gasteiger partial charge >= 0.3 is 0 Å². The van der Waals surface area contributed by atoms with E-state index in [-0.39, 0.29) is 30.2 Å². The number of imidazole rings is 1. The van der Waals surface area contributed by atoms with Gasteiger partial charge in [-0.25, -0.2) is 18.7 Å². The second kappa shape index (κ2) is 9.45. The molecule has 0 unspecified atom stereocenters. The van der Waals surface area contributed by atoms with E-state index >= 15 is 0 Å². The summed E-state index contributed by atoms with van der Waals surface area (Å²) < 4.78 is 35.1. The third-order valence-corrected chi connectivity index (χ3v) is 6.57. The van der Waals surface area contributed by atoms with Crippen molar-refractivity contribution < 1.29 is 28.5 Å². The van der Waals surface area contributed by atoms with Crippen LogP contribution in [0.15, 0.2) is 42.7 Å². The summed E-state index contributed by atoms with van der Waals surface area (Å²) in [4.78, 5) is 22.5. The molecule has 1 aromatic carbocycles. The number of aliphatic hydroxyl groups is 2. The number of aromatic nitrogens is 3. The molecule has 34 heavy (non-hydrogen) atoms. The number of nitrogens with one attached hydrogen (secondary N) is 1. The highest BCUT2D eigenvalue weighted by atomic mass is 32.1. The van der Waals surface area contributed by atoms with E-state index in [0.29, 0.717) is 21.2 Å². The zero-order valence-electron chi connectivity index (χ0n) is 18.4. The van der Waals surface area contributed by atoms with Gasteiger partial charge in [0.25, 0.3) is 5.91 Å². The van der Waals surface area contributed by atoms with E-state index in [0.717, 1.165) is 12.1 Å². The summed E-state index contributed by atoms with van der Waals surface area (Å²) in [6.07, 6.45) is 3.10. The van der Waals surface area contributed by atoms with Crippen LogP contribution < -0.4 is 10.1 Å². The van der Waals surface area contributed by atoms with E-state index < -0.39 is 29.7 Å². The minimum atomic E-state index is -1.19. The molecule has 4 rings (SSSR count). The smallest absolute Gasteiger partial charge is 0.271 e. The van der Waals surface area contributed by atoms with E-state index in [2.05, 4.69) is 15.3 Å². The fraction of sp³-hybridized carbons (Fsp3) is 0.261. The second-order valence-corrected chi connectivity index (χ2v) is 8.95. The molecular formula is C23H22F2N4O4S. The monoisotopic (exact) mass is 488 g/mol. The van der Waals surface area contributed by atoms with E-state index in [9.17, 15) is 23.8 Å². The number of thiazole rings is 1. The van der Waals surface area contributed by atoms with Crippen LogP contribution in [0.25, 0.3) is 5.65 Å². The van der Waals surface area contributed by atoms with Crippen molar-refractivity contribution in [3.63, 3.8) is 0 Å². The number of nitrogens with zero attached hydrogens (tertiary/aromatic N) is 3. The average molecular weight is 489 g/mol. The van der Waals surface area contributed by atoms with Crippen molar-refractivity contribution in [3.8, 4) is 5.75 Å². The van der Waals surface area contributed by atoms with Gasteiger partial charge in [0.15, 0.2) is 11.4 Å². The molecule has 0 radical (unpaired) electrons. The molecule has 1 amide bonds. The van der Waals surface area contributed by atoms with Crippen LogP contribution in [0.3, 0.4) is 0 Å². The van der Waals surface area contributed by atoms with E-state index in [1.54, 1.807) is 32.2 Å². The number of hydrogen-bond donors (Lipinski definition) is 3. The van der Waals surface area contributed by atoms with Gasteiger partial charge in [0.1, 0.15) is 34.5 Å². The van der Waals surface area contributed by atoms with Crippen LogP contribution in [-0.4, -0.2) is 37.1 Å². The van der Waals surface area contributed by atoms with Crippen LogP contribution in [-0.2, 0) is 18.8 Å². The van der Waals surface area contributed by atoms with Gasteiger partial charge in [0.2, 0.25) is 0 Å². The van der Waals surface area contributed by atoms with Crippen molar-refractivity contribution in [2.75, 3.05) is 6.61 Å². The topological polar surface area (TPSA) is 109 Å². The summed E-state index contributed by atoms with van der Waals surface area (Å²) in [5, 5.41) is 22.5. The Morgan fingerprint density at radius 1 is 1.24 bits per heavy atom. The molecular weight excluding hydrogens is 466 g/mol. The highest BCUT2D eigenvalue weighted by Crippen LogP contribution is 2.28. The van der Waals surface area contributed by atoms with Gasteiger partial charge in [-0.1, -0.05) is 6.07 Å². The molecule has 0 saturated carbocycles. The number of ether oxygens (including phenoxy) is 1. The quantitative estimate of drug-likeness (QED) is 0.352. The molecule has 3 heterocycles. The number of halogens is 2. The molecule has 1 atom stereocenters. The normalized spacial score (nSPS) is 13.1. The SMILES string of the molecule is Cc1nc2c(OCc3c(F)cccc3F)cccn2c1C(=O)N[C@@](C)(CO)c1ncc(CO)s1. The Bertz CT molecular complexity index is 1340. The van der Waals surface area contributed by atoms with Crippen molar-refractivity contribution in [2.24, 2.45) is 0 Å². The highest BCUT2D eigenvalue weighted by Gasteiger charge is 2.33. The number of aliphatic hydroxyl groups excluding tert-OH is 2. The zero-order chi connectivity index (χ0) is 24.5. The maximum atomic E-state index is 14.0. The van der Waals surface area contributed by atoms with Crippen LogP contribution in [0.4, 0.5) is 8.78 Å². The fourth-order valence-electron chi connectivity index (χ4n) is 3.47. The summed E-state index contributed by atoms with van der Waals surface area (Å²) in [5.74, 6) is -1.72. The molecule has 0 fully saturated rings. The Kier molecular flexibility index (Phi) is 6.60. The molecule has 0 aliphatic carbocycles. The summed E-state index contributed by atoms with van der Waals surface area (Å²) in [5.41, 5.74) is -0.515. The standard InChI is InChI=1S/C23H22F2N4O4S/c1-13-19(21(32)28-23(2,12-31)22-26-9-14(10-30)34-22)29-8-4-7-18(20(29)27-13)33-11-15-16(24)5-3-6-17(15)25/h3-9,30-31H,10-12H2,1-2H3,(H,28,32)/t23-/m0/s1. The summed E-state index contributed by atoms with van der Waals surface area (Å²) in [6, 6.07) is 6.78. The van der Waals surface area contributed by atoms with Crippen molar-refractivity contribution in [2.45, 2.75) is 32.6 Å². The molecule has 0 aliphatic rings. The van der Waals surface area contributed by atoms with E-state index in [4.69, 9.17) is 4.74 Å². The molecule has 8 nitrogen and oxygen atoms in total. The highest BCUT2D eigenvalue weighted by molar-refractivity contribution is 7.11. The van der Waals surface area contributed by atoms with Crippen molar-refractivity contribution >= 4 is 22.9 Å². The number of carbonyl (C=O) groups is 1. The maximum Gasteiger partial charge on any atom is 0.271 e. The molecule has 4 aromatic rings. The number of hydrogen-bond acceptors (Lipinski definition) is 7. The van der Waals surface area contributed by atoms with Crippen LogP contribution >= 0.6 is 11.3 Å². The molecule has 0 spiro atoms. The predicted octanol–water partition coefficient (Wildman–Crippen LogP) is 3.09. The number of rotatable bonds is 8. The van der Waals surface area contributed by atoms with Crippen molar-refractivity contribution in [1.29, 1.82) is 0 Å². The lowest BCUT2D eigenvalue weighted by atomic mass is 10.0. The molecule has 0 saturated heterocycles. The first kappa shape index (κ1) is 23.7. The van der Waals surface area contributed by atoms with E-state index in [1.165, 1.54) is 28.0 Å². The van der Waals surface area contributed by atoms with Gasteiger partial charge in [-0.3, -0.25) is 9.20 Å². The molecule has 0 aliphatic heterocycles.